The molecule has 0 bridgehead atoms. The first-order valence-electron chi connectivity index (χ1n) is 6.10. The lowest BCUT2D eigenvalue weighted by Crippen LogP contribution is -2.37. The Hall–Kier alpha value is -1.64. The van der Waals surface area contributed by atoms with Gasteiger partial charge in [-0.2, -0.15) is 0 Å². The van der Waals surface area contributed by atoms with E-state index >= 15 is 0 Å². The summed E-state index contributed by atoms with van der Waals surface area (Å²) in [6.07, 6.45) is 2.18. The summed E-state index contributed by atoms with van der Waals surface area (Å²) in [7, 11) is 0. The summed E-state index contributed by atoms with van der Waals surface area (Å²) in [5.41, 5.74) is 0.574. The largest absolute Gasteiger partial charge is 0.279 e. The lowest BCUT2D eigenvalue weighted by molar-refractivity contribution is -0.128. The number of carbonyl (C=O) groups is 2. The van der Waals surface area contributed by atoms with E-state index in [0.29, 0.717) is 18.5 Å². The van der Waals surface area contributed by atoms with Gasteiger partial charge in [0.15, 0.2) is 0 Å². The van der Waals surface area contributed by atoms with Crippen molar-refractivity contribution in [3.63, 3.8) is 0 Å². The fourth-order valence-electron chi connectivity index (χ4n) is 1.58. The van der Waals surface area contributed by atoms with Crippen LogP contribution >= 0.6 is 0 Å². The van der Waals surface area contributed by atoms with Gasteiger partial charge in [-0.3, -0.25) is 14.5 Å². The van der Waals surface area contributed by atoms with Crippen molar-refractivity contribution in [2.45, 2.75) is 33.1 Å². The van der Waals surface area contributed by atoms with Crippen LogP contribution in [0.4, 0.5) is 0 Å². The maximum atomic E-state index is 12.2. The highest BCUT2D eigenvalue weighted by atomic mass is 16.2. The minimum absolute atomic E-state index is 0.104. The van der Waals surface area contributed by atoms with Gasteiger partial charge in [-0.05, 0) is 18.6 Å². The lowest BCUT2D eigenvalue weighted by atomic mass is 10.2. The molecule has 0 N–H and O–H groups in total. The minimum atomic E-state index is -0.189. The standard InChI is InChI=1S/C14H19NO2/c1-3-5-11-15(13(16)4-2)14(17)12-9-7-6-8-10-12/h6-10H,3-5,11H2,1-2H3. The molecule has 1 aromatic rings. The molecule has 0 unspecified atom stereocenters. The first-order chi connectivity index (χ1) is 8.20. The van der Waals surface area contributed by atoms with Crippen LogP contribution in [0.25, 0.3) is 0 Å². The first kappa shape index (κ1) is 13.4. The molecule has 17 heavy (non-hydrogen) atoms. The maximum absolute atomic E-state index is 12.2. The van der Waals surface area contributed by atoms with E-state index in [1.54, 1.807) is 19.1 Å². The summed E-state index contributed by atoms with van der Waals surface area (Å²) in [5.74, 6) is -0.293. The van der Waals surface area contributed by atoms with E-state index in [1.165, 1.54) is 4.90 Å². The van der Waals surface area contributed by atoms with Crippen LogP contribution in [-0.4, -0.2) is 23.3 Å². The minimum Gasteiger partial charge on any atom is -0.279 e. The zero-order valence-electron chi connectivity index (χ0n) is 10.5. The fraction of sp³-hybridized carbons (Fsp3) is 0.429. The Morgan fingerprint density at radius 3 is 2.29 bits per heavy atom. The number of rotatable bonds is 5. The summed E-state index contributed by atoms with van der Waals surface area (Å²) in [6, 6.07) is 8.95. The molecule has 0 saturated carbocycles. The SMILES string of the molecule is CCCCN(C(=O)CC)C(=O)c1ccccc1. The normalized spacial score (nSPS) is 10.0. The topological polar surface area (TPSA) is 37.4 Å². The quantitative estimate of drug-likeness (QED) is 0.784. The van der Waals surface area contributed by atoms with E-state index in [1.807, 2.05) is 25.1 Å². The highest BCUT2D eigenvalue weighted by molar-refractivity contribution is 6.04. The summed E-state index contributed by atoms with van der Waals surface area (Å²) in [5, 5.41) is 0. The lowest BCUT2D eigenvalue weighted by Gasteiger charge is -2.20. The Labute approximate surface area is 102 Å². The molecule has 0 heterocycles. The van der Waals surface area contributed by atoms with Crippen molar-refractivity contribution >= 4 is 11.8 Å². The van der Waals surface area contributed by atoms with Gasteiger partial charge in [0.05, 0.1) is 0 Å². The van der Waals surface area contributed by atoms with Crippen molar-refractivity contribution in [1.29, 1.82) is 0 Å². The second-order valence-corrected chi connectivity index (χ2v) is 3.92. The number of hydrogen-bond acceptors (Lipinski definition) is 2. The molecule has 1 aromatic carbocycles. The van der Waals surface area contributed by atoms with Gasteiger partial charge >= 0.3 is 0 Å². The van der Waals surface area contributed by atoms with Gasteiger partial charge in [0.25, 0.3) is 5.91 Å². The molecule has 2 amide bonds. The summed E-state index contributed by atoms with van der Waals surface area (Å²) >= 11 is 0. The molecular weight excluding hydrogens is 214 g/mol. The molecule has 3 nitrogen and oxygen atoms in total. The molecule has 0 aromatic heterocycles. The Bertz CT molecular complexity index is 373. The Balaban J connectivity index is 2.83. The van der Waals surface area contributed by atoms with Crippen molar-refractivity contribution in [3.05, 3.63) is 35.9 Å². The van der Waals surface area contributed by atoms with Crippen LogP contribution in [0.5, 0.6) is 0 Å². The molecule has 0 fully saturated rings. The van der Waals surface area contributed by atoms with Crippen molar-refractivity contribution in [3.8, 4) is 0 Å². The van der Waals surface area contributed by atoms with E-state index in [4.69, 9.17) is 0 Å². The van der Waals surface area contributed by atoms with Crippen LogP contribution in [0.15, 0.2) is 30.3 Å². The maximum Gasteiger partial charge on any atom is 0.260 e. The molecule has 0 spiro atoms. The molecule has 92 valence electrons. The van der Waals surface area contributed by atoms with Crippen molar-refractivity contribution in [2.24, 2.45) is 0 Å². The van der Waals surface area contributed by atoms with Crippen molar-refractivity contribution in [2.75, 3.05) is 6.54 Å². The molecule has 0 aliphatic carbocycles. The zero-order valence-corrected chi connectivity index (χ0v) is 10.5. The van der Waals surface area contributed by atoms with E-state index in [2.05, 4.69) is 0 Å². The molecule has 0 aliphatic rings. The fourth-order valence-corrected chi connectivity index (χ4v) is 1.58. The molecular formula is C14H19NO2. The smallest absolute Gasteiger partial charge is 0.260 e. The Morgan fingerprint density at radius 2 is 1.76 bits per heavy atom. The number of imide groups is 1. The molecule has 0 saturated heterocycles. The van der Waals surface area contributed by atoms with Gasteiger partial charge in [0, 0.05) is 18.5 Å². The summed E-state index contributed by atoms with van der Waals surface area (Å²) in [4.78, 5) is 25.3. The Morgan fingerprint density at radius 1 is 1.12 bits per heavy atom. The average molecular weight is 233 g/mol. The number of carbonyl (C=O) groups excluding carboxylic acids is 2. The van der Waals surface area contributed by atoms with Crippen LogP contribution in [0, 0.1) is 0 Å². The summed E-state index contributed by atoms with van der Waals surface area (Å²) in [6.45, 7) is 4.33. The van der Waals surface area contributed by atoms with Gasteiger partial charge in [-0.25, -0.2) is 0 Å². The number of nitrogens with zero attached hydrogens (tertiary/aromatic N) is 1. The highest BCUT2D eigenvalue weighted by Crippen LogP contribution is 2.08. The second kappa shape index (κ2) is 6.84. The van der Waals surface area contributed by atoms with Gasteiger partial charge < -0.3 is 0 Å². The third-order valence-electron chi connectivity index (χ3n) is 2.60. The first-order valence-corrected chi connectivity index (χ1v) is 6.10. The van der Waals surface area contributed by atoms with Crippen LogP contribution in [0.2, 0.25) is 0 Å². The number of amides is 2. The third-order valence-corrected chi connectivity index (χ3v) is 2.60. The van der Waals surface area contributed by atoms with Gasteiger partial charge in [-0.15, -0.1) is 0 Å². The van der Waals surface area contributed by atoms with Gasteiger partial charge in [0.2, 0.25) is 5.91 Å². The van der Waals surface area contributed by atoms with Crippen LogP contribution < -0.4 is 0 Å². The summed E-state index contributed by atoms with van der Waals surface area (Å²) < 4.78 is 0. The molecule has 3 heteroatoms. The zero-order chi connectivity index (χ0) is 12.7. The molecule has 0 aliphatic heterocycles. The van der Waals surface area contributed by atoms with E-state index in [-0.39, 0.29) is 11.8 Å². The average Bonchev–Trinajstić information content (AvgIpc) is 2.39. The molecule has 0 atom stereocenters. The van der Waals surface area contributed by atoms with Crippen molar-refractivity contribution in [1.82, 2.24) is 4.90 Å². The van der Waals surface area contributed by atoms with Crippen molar-refractivity contribution < 1.29 is 9.59 Å². The van der Waals surface area contributed by atoms with Gasteiger partial charge in [0.1, 0.15) is 0 Å². The third kappa shape index (κ3) is 3.70. The monoisotopic (exact) mass is 233 g/mol. The molecule has 0 radical (unpaired) electrons. The second-order valence-electron chi connectivity index (χ2n) is 3.92. The highest BCUT2D eigenvalue weighted by Gasteiger charge is 2.20. The number of hydrogen-bond donors (Lipinski definition) is 0. The van der Waals surface area contributed by atoms with E-state index in [9.17, 15) is 9.59 Å². The van der Waals surface area contributed by atoms with Crippen LogP contribution in [0.1, 0.15) is 43.5 Å². The number of benzene rings is 1. The predicted molar refractivity (Wildman–Crippen MR) is 67.7 cm³/mol. The number of unbranched alkanes of at least 4 members (excludes halogenated alkanes) is 1. The van der Waals surface area contributed by atoms with E-state index in [0.717, 1.165) is 12.8 Å². The Kier molecular flexibility index (Phi) is 5.40. The molecule has 1 rings (SSSR count). The predicted octanol–water partition coefficient (Wildman–Crippen LogP) is 2.87. The van der Waals surface area contributed by atoms with Crippen LogP contribution in [0.3, 0.4) is 0 Å². The van der Waals surface area contributed by atoms with E-state index < -0.39 is 0 Å². The van der Waals surface area contributed by atoms with Crippen LogP contribution in [-0.2, 0) is 4.79 Å². The van der Waals surface area contributed by atoms with Gasteiger partial charge in [-0.1, -0.05) is 38.5 Å².